The minimum Gasteiger partial charge on any atom is -0.457 e. The summed E-state index contributed by atoms with van der Waals surface area (Å²) < 4.78 is 31.4. The van der Waals surface area contributed by atoms with Gasteiger partial charge >= 0.3 is 5.97 Å². The maximum atomic E-state index is 12.1. The van der Waals surface area contributed by atoms with E-state index in [0.717, 1.165) is 11.1 Å². The molecule has 0 saturated carbocycles. The van der Waals surface area contributed by atoms with Crippen LogP contribution in [0.2, 0.25) is 0 Å². The molecule has 146 valence electrons. The Kier molecular flexibility index (Phi) is 5.60. The van der Waals surface area contributed by atoms with E-state index in [9.17, 15) is 18.0 Å². The molecule has 2 aromatic carbocycles. The highest BCUT2D eigenvalue weighted by Gasteiger charge is 2.29. The Balaban J connectivity index is 1.53. The van der Waals surface area contributed by atoms with Crippen LogP contribution in [0.25, 0.3) is 0 Å². The molecule has 0 aliphatic carbocycles. The van der Waals surface area contributed by atoms with E-state index >= 15 is 0 Å². The molecule has 3 rings (SSSR count). The SMILES string of the molecule is Cc1ccc(C(=O)COC(=O)CCN=C2NS(=O)(=O)c3ccccc32)cc1C. The number of carbonyl (C=O) groups excluding carboxylic acids is 2. The number of esters is 1. The first-order chi connectivity index (χ1) is 13.3. The van der Waals surface area contributed by atoms with E-state index in [1.807, 2.05) is 19.9 Å². The van der Waals surface area contributed by atoms with Gasteiger partial charge in [0.05, 0.1) is 17.9 Å². The molecule has 0 fully saturated rings. The third kappa shape index (κ3) is 4.28. The molecule has 0 bridgehead atoms. The van der Waals surface area contributed by atoms with Crippen molar-refractivity contribution < 1.29 is 22.7 Å². The molecular formula is C20H20N2O5S. The number of amidine groups is 1. The number of nitrogens with one attached hydrogen (secondary N) is 1. The quantitative estimate of drug-likeness (QED) is 0.591. The third-order valence-electron chi connectivity index (χ3n) is 4.44. The van der Waals surface area contributed by atoms with Crippen molar-refractivity contribution in [3.63, 3.8) is 0 Å². The Labute approximate surface area is 163 Å². The Morgan fingerprint density at radius 3 is 2.57 bits per heavy atom. The second-order valence-electron chi connectivity index (χ2n) is 6.46. The number of carbonyl (C=O) groups is 2. The second kappa shape index (κ2) is 7.93. The smallest absolute Gasteiger partial charge is 0.308 e. The number of sulfonamides is 1. The van der Waals surface area contributed by atoms with Crippen LogP contribution < -0.4 is 4.72 Å². The van der Waals surface area contributed by atoms with Crippen molar-refractivity contribution in [2.75, 3.05) is 13.2 Å². The van der Waals surface area contributed by atoms with E-state index in [1.54, 1.807) is 30.3 Å². The summed E-state index contributed by atoms with van der Waals surface area (Å²) in [5.41, 5.74) is 3.04. The zero-order valence-corrected chi connectivity index (χ0v) is 16.4. The van der Waals surface area contributed by atoms with Gasteiger partial charge in [0.2, 0.25) is 0 Å². The number of Topliss-reactive ketones (excluding diaryl/α,β-unsaturated/α-hetero) is 1. The first kappa shape index (κ1) is 19.8. The van der Waals surface area contributed by atoms with Gasteiger partial charge in [0.25, 0.3) is 10.0 Å². The summed E-state index contributed by atoms with van der Waals surface area (Å²) in [4.78, 5) is 28.3. The average molecular weight is 400 g/mol. The maximum Gasteiger partial charge on any atom is 0.308 e. The van der Waals surface area contributed by atoms with Gasteiger partial charge in [-0.15, -0.1) is 0 Å². The van der Waals surface area contributed by atoms with Gasteiger partial charge in [0.1, 0.15) is 5.84 Å². The maximum absolute atomic E-state index is 12.1. The first-order valence-corrected chi connectivity index (χ1v) is 10.2. The van der Waals surface area contributed by atoms with Crippen molar-refractivity contribution in [3.05, 3.63) is 64.7 Å². The molecule has 1 aliphatic rings. The highest BCUT2D eigenvalue weighted by atomic mass is 32.2. The number of aliphatic imine (C=N–C) groups is 1. The van der Waals surface area contributed by atoms with Crippen molar-refractivity contribution in [2.24, 2.45) is 4.99 Å². The van der Waals surface area contributed by atoms with Crippen molar-refractivity contribution in [3.8, 4) is 0 Å². The standard InChI is InChI=1S/C20H20N2O5S/c1-13-7-8-15(11-14(13)2)17(23)12-27-19(24)9-10-21-20-16-5-3-4-6-18(16)28(25,26)22-20/h3-8,11H,9-10,12H2,1-2H3,(H,21,22). The van der Waals surface area contributed by atoms with E-state index in [4.69, 9.17) is 4.74 Å². The van der Waals surface area contributed by atoms with Crippen LogP contribution in [0.1, 0.15) is 33.5 Å². The van der Waals surface area contributed by atoms with E-state index < -0.39 is 16.0 Å². The summed E-state index contributed by atoms with van der Waals surface area (Å²) in [5.74, 6) is -0.648. The zero-order valence-electron chi connectivity index (χ0n) is 15.6. The van der Waals surface area contributed by atoms with Crippen LogP contribution >= 0.6 is 0 Å². The number of fused-ring (bicyclic) bond motifs is 1. The first-order valence-electron chi connectivity index (χ1n) is 8.70. The second-order valence-corrected chi connectivity index (χ2v) is 8.12. The number of nitrogens with zero attached hydrogens (tertiary/aromatic N) is 1. The van der Waals surface area contributed by atoms with Crippen molar-refractivity contribution in [2.45, 2.75) is 25.2 Å². The molecule has 2 aromatic rings. The van der Waals surface area contributed by atoms with Crippen LogP contribution in [-0.2, 0) is 19.6 Å². The Bertz CT molecular complexity index is 1070. The molecule has 1 N–H and O–H groups in total. The molecule has 1 aliphatic heterocycles. The van der Waals surface area contributed by atoms with Gasteiger partial charge in [0.15, 0.2) is 12.4 Å². The lowest BCUT2D eigenvalue weighted by Crippen LogP contribution is -2.22. The minimum atomic E-state index is -3.61. The lowest BCUT2D eigenvalue weighted by Gasteiger charge is -2.06. The largest absolute Gasteiger partial charge is 0.457 e. The van der Waals surface area contributed by atoms with Crippen LogP contribution in [0.5, 0.6) is 0 Å². The van der Waals surface area contributed by atoms with Gasteiger partial charge < -0.3 is 4.74 Å². The Morgan fingerprint density at radius 2 is 1.82 bits per heavy atom. The fraction of sp³-hybridized carbons (Fsp3) is 0.250. The summed E-state index contributed by atoms with van der Waals surface area (Å²) in [7, 11) is -3.61. The van der Waals surface area contributed by atoms with E-state index in [-0.39, 0.29) is 36.1 Å². The molecule has 0 atom stereocenters. The van der Waals surface area contributed by atoms with Crippen LogP contribution in [0, 0.1) is 13.8 Å². The topological polar surface area (TPSA) is 102 Å². The number of aryl methyl sites for hydroxylation is 2. The zero-order chi connectivity index (χ0) is 20.3. The number of hydrogen-bond donors (Lipinski definition) is 1. The molecule has 0 aromatic heterocycles. The predicted octanol–water partition coefficient (Wildman–Crippen LogP) is 2.16. The highest BCUT2D eigenvalue weighted by molar-refractivity contribution is 7.90. The van der Waals surface area contributed by atoms with Gasteiger partial charge in [-0.3, -0.25) is 19.3 Å². The molecule has 28 heavy (non-hydrogen) atoms. The molecule has 0 spiro atoms. The number of ether oxygens (including phenoxy) is 1. The van der Waals surface area contributed by atoms with Crippen LogP contribution in [0.4, 0.5) is 0 Å². The normalized spacial score (nSPS) is 15.7. The van der Waals surface area contributed by atoms with Crippen LogP contribution in [0.3, 0.4) is 0 Å². The molecule has 0 radical (unpaired) electrons. The minimum absolute atomic E-state index is 0.0445. The summed E-state index contributed by atoms with van der Waals surface area (Å²) in [6, 6.07) is 11.8. The van der Waals surface area contributed by atoms with Gasteiger partial charge in [-0.25, -0.2) is 8.42 Å². The number of ketones is 1. The number of benzene rings is 2. The van der Waals surface area contributed by atoms with Crippen molar-refractivity contribution in [1.82, 2.24) is 4.72 Å². The van der Waals surface area contributed by atoms with E-state index in [2.05, 4.69) is 9.71 Å². The van der Waals surface area contributed by atoms with Crippen LogP contribution in [-0.4, -0.2) is 39.2 Å². The predicted molar refractivity (Wildman–Crippen MR) is 104 cm³/mol. The fourth-order valence-electron chi connectivity index (χ4n) is 2.73. The molecular weight excluding hydrogens is 380 g/mol. The molecule has 0 unspecified atom stereocenters. The van der Waals surface area contributed by atoms with Gasteiger partial charge in [-0.05, 0) is 43.2 Å². The fourth-order valence-corrected chi connectivity index (χ4v) is 3.98. The highest BCUT2D eigenvalue weighted by Crippen LogP contribution is 2.22. The molecule has 7 nitrogen and oxygen atoms in total. The summed E-state index contributed by atoms with van der Waals surface area (Å²) >= 11 is 0. The number of hydrogen-bond acceptors (Lipinski definition) is 6. The van der Waals surface area contributed by atoms with E-state index in [0.29, 0.717) is 11.1 Å². The Hall–Kier alpha value is -3.00. The van der Waals surface area contributed by atoms with E-state index in [1.165, 1.54) is 6.07 Å². The van der Waals surface area contributed by atoms with Crippen molar-refractivity contribution in [1.29, 1.82) is 0 Å². The third-order valence-corrected chi connectivity index (χ3v) is 5.84. The summed E-state index contributed by atoms with van der Waals surface area (Å²) in [6.45, 7) is 3.57. The lowest BCUT2D eigenvalue weighted by atomic mass is 10.0. The number of rotatable bonds is 6. The molecule has 0 saturated heterocycles. The summed E-state index contributed by atoms with van der Waals surface area (Å²) in [6.07, 6.45) is -0.0619. The lowest BCUT2D eigenvalue weighted by molar-refractivity contribution is -0.142. The molecule has 8 heteroatoms. The monoisotopic (exact) mass is 400 g/mol. The molecule has 1 heterocycles. The summed E-state index contributed by atoms with van der Waals surface area (Å²) in [5, 5.41) is 0. The van der Waals surface area contributed by atoms with Crippen LogP contribution in [0.15, 0.2) is 52.4 Å². The van der Waals surface area contributed by atoms with Crippen molar-refractivity contribution >= 4 is 27.6 Å². The average Bonchev–Trinajstić information content (AvgIpc) is 2.93. The van der Waals surface area contributed by atoms with Gasteiger partial charge in [-0.1, -0.05) is 24.3 Å². The van der Waals surface area contributed by atoms with Gasteiger partial charge in [-0.2, -0.15) is 0 Å². The molecule has 0 amide bonds. The van der Waals surface area contributed by atoms with Gasteiger partial charge in [0, 0.05) is 11.1 Å². The Morgan fingerprint density at radius 1 is 1.07 bits per heavy atom.